The topological polar surface area (TPSA) is 78.2 Å². The highest BCUT2D eigenvalue weighted by atomic mass is 19.1. The molecule has 2 unspecified atom stereocenters. The number of piperidine rings is 1. The summed E-state index contributed by atoms with van der Waals surface area (Å²) < 4.78 is 31.9. The second-order valence-electron chi connectivity index (χ2n) is 6.68. The molecule has 28 heavy (non-hydrogen) atoms. The Morgan fingerprint density at radius 1 is 1.39 bits per heavy atom. The Balaban J connectivity index is 1.59. The summed E-state index contributed by atoms with van der Waals surface area (Å²) in [4.78, 5) is 18.6. The Labute approximate surface area is 161 Å². The molecular formula is C20H20F2N4O2. The number of pyridine rings is 1. The first kappa shape index (κ1) is 19.7. The van der Waals surface area contributed by atoms with Gasteiger partial charge in [0.05, 0.1) is 24.2 Å². The zero-order valence-electron chi connectivity index (χ0n) is 15.4. The quantitative estimate of drug-likeness (QED) is 0.847. The lowest BCUT2D eigenvalue weighted by Gasteiger charge is -2.33. The first-order chi connectivity index (χ1) is 13.5. The van der Waals surface area contributed by atoms with Gasteiger partial charge in [0.25, 0.3) is 0 Å². The first-order valence-electron chi connectivity index (χ1n) is 8.99. The summed E-state index contributed by atoms with van der Waals surface area (Å²) in [7, 11) is 0. The van der Waals surface area contributed by atoms with E-state index in [2.05, 4.69) is 16.4 Å². The van der Waals surface area contributed by atoms with Gasteiger partial charge >= 0.3 is 0 Å². The van der Waals surface area contributed by atoms with Gasteiger partial charge in [-0.2, -0.15) is 5.26 Å². The molecular weight excluding hydrogens is 366 g/mol. The van der Waals surface area contributed by atoms with Crippen molar-refractivity contribution in [2.75, 3.05) is 18.4 Å². The Bertz CT molecular complexity index is 883. The zero-order chi connectivity index (χ0) is 20.1. The number of nitriles is 1. The number of halogens is 2. The Morgan fingerprint density at radius 3 is 2.89 bits per heavy atom. The highest BCUT2D eigenvalue weighted by Crippen LogP contribution is 2.25. The van der Waals surface area contributed by atoms with Crippen LogP contribution in [0.3, 0.4) is 0 Å². The standard InChI is InChI=1S/C20H20F2N4O2/c1-13(26-8-2-3-14(10-23)12-26)20(27)25-19-7-5-16(11-24-19)28-18-6-4-15(21)9-17(18)22/h4-7,9,11,13-14H,2-3,8,12H2,1H3,(H,24,25,27). The molecule has 6 nitrogen and oxygen atoms in total. The molecule has 2 atom stereocenters. The maximum atomic E-state index is 13.6. The van der Waals surface area contributed by atoms with Gasteiger partial charge in [0, 0.05) is 12.6 Å². The third-order valence-corrected chi connectivity index (χ3v) is 4.67. The molecule has 2 aromatic rings. The van der Waals surface area contributed by atoms with Crippen LogP contribution in [0.4, 0.5) is 14.6 Å². The summed E-state index contributed by atoms with van der Waals surface area (Å²) in [5.41, 5.74) is 0. The molecule has 0 spiro atoms. The van der Waals surface area contributed by atoms with Crippen molar-refractivity contribution >= 4 is 11.7 Å². The molecule has 1 aliphatic rings. The Morgan fingerprint density at radius 2 is 2.21 bits per heavy atom. The summed E-state index contributed by atoms with van der Waals surface area (Å²) in [6, 6.07) is 7.96. The SMILES string of the molecule is CC(C(=O)Nc1ccc(Oc2ccc(F)cc2F)cn1)N1CCCC(C#N)C1. The van der Waals surface area contributed by atoms with Crippen molar-refractivity contribution in [3.05, 3.63) is 48.2 Å². The van der Waals surface area contributed by atoms with Gasteiger partial charge in [-0.15, -0.1) is 0 Å². The average Bonchev–Trinajstić information content (AvgIpc) is 2.71. The molecule has 1 amide bonds. The van der Waals surface area contributed by atoms with E-state index in [-0.39, 0.29) is 29.4 Å². The molecule has 0 aliphatic carbocycles. The van der Waals surface area contributed by atoms with Crippen molar-refractivity contribution in [3.8, 4) is 17.6 Å². The molecule has 1 aromatic carbocycles. The van der Waals surface area contributed by atoms with Gasteiger partial charge in [0.1, 0.15) is 17.4 Å². The second-order valence-corrected chi connectivity index (χ2v) is 6.68. The molecule has 0 radical (unpaired) electrons. The van der Waals surface area contributed by atoms with E-state index >= 15 is 0 Å². The van der Waals surface area contributed by atoms with E-state index in [9.17, 15) is 13.6 Å². The third-order valence-electron chi connectivity index (χ3n) is 4.67. The first-order valence-corrected chi connectivity index (χ1v) is 8.99. The minimum Gasteiger partial charge on any atom is -0.453 e. The number of nitrogens with zero attached hydrogens (tertiary/aromatic N) is 3. The number of hydrogen-bond donors (Lipinski definition) is 1. The van der Waals surface area contributed by atoms with Gasteiger partial charge in [-0.1, -0.05) is 0 Å². The van der Waals surface area contributed by atoms with E-state index in [1.807, 2.05) is 4.90 Å². The molecule has 1 N–H and O–H groups in total. The van der Waals surface area contributed by atoms with E-state index in [0.717, 1.165) is 31.5 Å². The van der Waals surface area contributed by atoms with E-state index in [1.165, 1.54) is 24.4 Å². The van der Waals surface area contributed by atoms with Crippen LogP contribution in [-0.2, 0) is 4.79 Å². The Kier molecular flexibility index (Phi) is 6.16. The zero-order valence-corrected chi connectivity index (χ0v) is 15.4. The third kappa shape index (κ3) is 4.81. The van der Waals surface area contributed by atoms with Crippen molar-refractivity contribution in [1.29, 1.82) is 5.26 Å². The monoisotopic (exact) mass is 386 g/mol. The van der Waals surface area contributed by atoms with Crippen LogP contribution in [0.2, 0.25) is 0 Å². The second kappa shape index (κ2) is 8.76. The summed E-state index contributed by atoms with van der Waals surface area (Å²) >= 11 is 0. The number of nitrogens with one attached hydrogen (secondary N) is 1. The van der Waals surface area contributed by atoms with Crippen molar-refractivity contribution in [2.45, 2.75) is 25.8 Å². The normalized spacial score (nSPS) is 18.1. The molecule has 146 valence electrons. The van der Waals surface area contributed by atoms with Crippen LogP contribution < -0.4 is 10.1 Å². The number of carbonyl (C=O) groups is 1. The summed E-state index contributed by atoms with van der Waals surface area (Å²) in [6.45, 7) is 3.15. The van der Waals surface area contributed by atoms with Crippen LogP contribution in [0.25, 0.3) is 0 Å². The number of rotatable bonds is 5. The molecule has 0 saturated carbocycles. The minimum absolute atomic E-state index is 0.0505. The number of ether oxygens (including phenoxy) is 1. The lowest BCUT2D eigenvalue weighted by atomic mass is 9.98. The van der Waals surface area contributed by atoms with E-state index in [0.29, 0.717) is 12.4 Å². The largest absolute Gasteiger partial charge is 0.453 e. The van der Waals surface area contributed by atoms with E-state index in [1.54, 1.807) is 6.92 Å². The molecule has 8 heteroatoms. The fourth-order valence-corrected chi connectivity index (χ4v) is 3.06. The van der Waals surface area contributed by atoms with Crippen molar-refractivity contribution in [3.63, 3.8) is 0 Å². The highest BCUT2D eigenvalue weighted by Gasteiger charge is 2.27. The predicted octanol–water partition coefficient (Wildman–Crippen LogP) is 3.71. The number of aromatic nitrogens is 1. The molecule has 3 rings (SSSR count). The maximum absolute atomic E-state index is 13.6. The number of carbonyl (C=O) groups excluding carboxylic acids is 1. The number of likely N-dealkylation sites (tertiary alicyclic amines) is 1. The van der Waals surface area contributed by atoms with Crippen LogP contribution in [-0.4, -0.2) is 34.9 Å². The van der Waals surface area contributed by atoms with Gasteiger partial charge in [-0.05, 0) is 50.6 Å². The molecule has 2 heterocycles. The highest BCUT2D eigenvalue weighted by molar-refractivity contribution is 5.93. The van der Waals surface area contributed by atoms with E-state index < -0.39 is 11.6 Å². The van der Waals surface area contributed by atoms with Crippen molar-refractivity contribution < 1.29 is 18.3 Å². The predicted molar refractivity (Wildman–Crippen MR) is 98.7 cm³/mol. The van der Waals surface area contributed by atoms with Crippen LogP contribution in [0.15, 0.2) is 36.5 Å². The van der Waals surface area contributed by atoms with Crippen LogP contribution in [0.1, 0.15) is 19.8 Å². The van der Waals surface area contributed by atoms with Crippen molar-refractivity contribution in [2.24, 2.45) is 5.92 Å². The fourth-order valence-electron chi connectivity index (χ4n) is 3.06. The van der Waals surface area contributed by atoms with Crippen LogP contribution >= 0.6 is 0 Å². The number of benzene rings is 1. The maximum Gasteiger partial charge on any atom is 0.242 e. The van der Waals surface area contributed by atoms with Gasteiger partial charge in [-0.3, -0.25) is 9.69 Å². The van der Waals surface area contributed by atoms with Crippen LogP contribution in [0.5, 0.6) is 11.5 Å². The van der Waals surface area contributed by atoms with Gasteiger partial charge in [0.2, 0.25) is 5.91 Å². The Hall–Kier alpha value is -3.05. The summed E-state index contributed by atoms with van der Waals surface area (Å²) in [6.07, 6.45) is 3.09. The molecule has 1 aliphatic heterocycles. The molecule has 1 aromatic heterocycles. The lowest BCUT2D eigenvalue weighted by molar-refractivity contribution is -0.121. The average molecular weight is 386 g/mol. The molecule has 1 saturated heterocycles. The van der Waals surface area contributed by atoms with E-state index in [4.69, 9.17) is 10.00 Å². The van der Waals surface area contributed by atoms with Crippen molar-refractivity contribution in [1.82, 2.24) is 9.88 Å². The summed E-state index contributed by atoms with van der Waals surface area (Å²) in [5.74, 6) is -1.31. The number of hydrogen-bond acceptors (Lipinski definition) is 5. The smallest absolute Gasteiger partial charge is 0.242 e. The minimum atomic E-state index is -0.816. The summed E-state index contributed by atoms with van der Waals surface area (Å²) in [5, 5.41) is 11.8. The number of anilines is 1. The van der Waals surface area contributed by atoms with Crippen LogP contribution in [0, 0.1) is 28.9 Å². The number of amides is 1. The molecule has 1 fully saturated rings. The van der Waals surface area contributed by atoms with Gasteiger partial charge < -0.3 is 10.1 Å². The van der Waals surface area contributed by atoms with Gasteiger partial charge in [-0.25, -0.2) is 13.8 Å². The molecule has 0 bridgehead atoms. The van der Waals surface area contributed by atoms with Gasteiger partial charge in [0.15, 0.2) is 11.6 Å². The lowest BCUT2D eigenvalue weighted by Crippen LogP contribution is -2.46. The fraction of sp³-hybridized carbons (Fsp3) is 0.350.